The molecule has 0 spiro atoms. The Kier molecular flexibility index (Phi) is 5.08. The van der Waals surface area contributed by atoms with Crippen molar-refractivity contribution in [2.75, 3.05) is 31.1 Å². The molecule has 2 aromatic rings. The second-order valence-corrected chi connectivity index (χ2v) is 5.99. The predicted molar refractivity (Wildman–Crippen MR) is 89.2 cm³/mol. The molecule has 0 N–H and O–H groups in total. The summed E-state index contributed by atoms with van der Waals surface area (Å²) < 4.78 is 15.7. The van der Waals surface area contributed by atoms with Gasteiger partial charge in [0.1, 0.15) is 0 Å². The van der Waals surface area contributed by atoms with Gasteiger partial charge in [-0.3, -0.25) is 14.5 Å². The minimum absolute atomic E-state index is 0.127. The van der Waals surface area contributed by atoms with E-state index in [9.17, 15) is 9.18 Å². The van der Waals surface area contributed by atoms with Crippen LogP contribution in [0.25, 0.3) is 0 Å². The average Bonchev–Trinajstić information content (AvgIpc) is 2.84. The average molecular weight is 331 g/mol. The van der Waals surface area contributed by atoms with E-state index in [1.54, 1.807) is 18.5 Å². The van der Waals surface area contributed by atoms with Crippen LogP contribution in [-0.4, -0.2) is 51.8 Å². The fourth-order valence-electron chi connectivity index (χ4n) is 3.02. The monoisotopic (exact) mass is 331 g/mol. The van der Waals surface area contributed by atoms with E-state index in [0.717, 1.165) is 18.7 Å². The van der Waals surface area contributed by atoms with Gasteiger partial charge in [0.05, 0.1) is 11.9 Å². The van der Waals surface area contributed by atoms with Gasteiger partial charge in [-0.25, -0.2) is 4.39 Å². The largest absolute Gasteiger partial charge is 0.367 e. The molecule has 0 atom stereocenters. The van der Waals surface area contributed by atoms with Crippen molar-refractivity contribution >= 4 is 11.6 Å². The molecule has 128 valence electrons. The van der Waals surface area contributed by atoms with Crippen molar-refractivity contribution in [1.82, 2.24) is 19.7 Å². The summed E-state index contributed by atoms with van der Waals surface area (Å²) in [6.07, 6.45) is 5.83. The van der Waals surface area contributed by atoms with Crippen LogP contribution < -0.4 is 4.90 Å². The summed E-state index contributed by atoms with van der Waals surface area (Å²) in [5, 5.41) is 4.20. The topological polar surface area (TPSA) is 54.3 Å². The lowest BCUT2D eigenvalue weighted by Gasteiger charge is -2.24. The van der Waals surface area contributed by atoms with Crippen LogP contribution in [0.4, 0.5) is 10.1 Å². The molecule has 0 aliphatic carbocycles. The Balaban J connectivity index is 1.56. The number of hydrogen-bond acceptors (Lipinski definition) is 4. The summed E-state index contributed by atoms with van der Waals surface area (Å²) in [7, 11) is 0. The fourth-order valence-corrected chi connectivity index (χ4v) is 3.02. The van der Waals surface area contributed by atoms with Crippen LogP contribution in [0.2, 0.25) is 0 Å². The van der Waals surface area contributed by atoms with Gasteiger partial charge in [0.2, 0.25) is 5.91 Å². The van der Waals surface area contributed by atoms with Gasteiger partial charge in [-0.05, 0) is 25.5 Å². The number of carbonyl (C=O) groups excluding carboxylic acids is 1. The van der Waals surface area contributed by atoms with E-state index in [4.69, 9.17) is 0 Å². The highest BCUT2D eigenvalue weighted by atomic mass is 19.1. The Morgan fingerprint density at radius 1 is 1.21 bits per heavy atom. The van der Waals surface area contributed by atoms with Crippen LogP contribution in [-0.2, 0) is 11.3 Å². The summed E-state index contributed by atoms with van der Waals surface area (Å²) in [6.45, 7) is 5.26. The number of aromatic nitrogens is 3. The zero-order chi connectivity index (χ0) is 16.9. The van der Waals surface area contributed by atoms with Gasteiger partial charge in [0.15, 0.2) is 5.82 Å². The van der Waals surface area contributed by atoms with Gasteiger partial charge in [0.25, 0.3) is 0 Å². The van der Waals surface area contributed by atoms with E-state index >= 15 is 0 Å². The van der Waals surface area contributed by atoms with E-state index < -0.39 is 0 Å². The second kappa shape index (κ2) is 7.42. The number of aryl methyl sites for hydroxylation is 2. The van der Waals surface area contributed by atoms with Crippen molar-refractivity contribution in [2.24, 2.45) is 0 Å². The Morgan fingerprint density at radius 2 is 2.08 bits per heavy atom. The Morgan fingerprint density at radius 3 is 2.83 bits per heavy atom. The maximum absolute atomic E-state index is 13.9. The highest BCUT2D eigenvalue weighted by Gasteiger charge is 2.20. The van der Waals surface area contributed by atoms with Gasteiger partial charge in [-0.15, -0.1) is 0 Å². The van der Waals surface area contributed by atoms with Gasteiger partial charge in [0, 0.05) is 57.2 Å². The molecular formula is C17H22FN5O. The highest BCUT2D eigenvalue weighted by molar-refractivity contribution is 5.76. The number of pyridine rings is 1. The molecule has 0 bridgehead atoms. The molecule has 3 heterocycles. The molecule has 0 unspecified atom stereocenters. The van der Waals surface area contributed by atoms with Gasteiger partial charge < -0.3 is 9.80 Å². The molecule has 6 nitrogen and oxygen atoms in total. The number of rotatable bonds is 4. The molecule has 1 amide bonds. The third-order valence-corrected chi connectivity index (χ3v) is 4.41. The normalized spacial score (nSPS) is 15.4. The maximum atomic E-state index is 13.9. The van der Waals surface area contributed by atoms with Gasteiger partial charge >= 0.3 is 0 Å². The molecule has 3 rings (SSSR count). The lowest BCUT2D eigenvalue weighted by molar-refractivity contribution is -0.131. The van der Waals surface area contributed by atoms with Crippen LogP contribution in [0.15, 0.2) is 30.7 Å². The minimum atomic E-state index is -0.313. The summed E-state index contributed by atoms with van der Waals surface area (Å²) >= 11 is 0. The summed E-state index contributed by atoms with van der Waals surface area (Å²) in [5.41, 5.74) is 1.62. The molecule has 0 saturated carbocycles. The molecule has 1 fully saturated rings. The van der Waals surface area contributed by atoms with Gasteiger partial charge in [-0.2, -0.15) is 5.10 Å². The molecule has 2 aromatic heterocycles. The van der Waals surface area contributed by atoms with Crippen LogP contribution >= 0.6 is 0 Å². The smallest absolute Gasteiger partial charge is 0.224 e. The van der Waals surface area contributed by atoms with Crippen molar-refractivity contribution in [2.45, 2.75) is 26.3 Å². The molecule has 1 aliphatic rings. The lowest BCUT2D eigenvalue weighted by atomic mass is 10.3. The molecule has 24 heavy (non-hydrogen) atoms. The molecule has 0 aromatic carbocycles. The van der Waals surface area contributed by atoms with Crippen LogP contribution in [0, 0.1) is 12.7 Å². The number of nitrogens with zero attached hydrogens (tertiary/aromatic N) is 5. The van der Waals surface area contributed by atoms with Crippen molar-refractivity contribution in [1.29, 1.82) is 0 Å². The van der Waals surface area contributed by atoms with Gasteiger partial charge in [-0.1, -0.05) is 0 Å². The number of amides is 1. The number of carbonyl (C=O) groups is 1. The number of anilines is 1. The van der Waals surface area contributed by atoms with E-state index in [1.807, 2.05) is 27.5 Å². The summed E-state index contributed by atoms with van der Waals surface area (Å²) in [6, 6.07) is 3.62. The van der Waals surface area contributed by atoms with Crippen molar-refractivity contribution in [3.63, 3.8) is 0 Å². The predicted octanol–water partition coefficient (Wildman–Crippen LogP) is 1.85. The van der Waals surface area contributed by atoms with Crippen molar-refractivity contribution < 1.29 is 9.18 Å². The molecule has 7 heteroatoms. The fraction of sp³-hybridized carbons (Fsp3) is 0.471. The minimum Gasteiger partial charge on any atom is -0.367 e. The molecule has 0 radical (unpaired) electrons. The standard InChI is InChI=1S/C17H22FN5O/c1-14-3-7-20-23(14)10-5-17(24)22-9-2-8-21(11-12-22)16-4-6-19-13-15(16)18/h3-4,6-7,13H,2,5,8-12H2,1H3. The summed E-state index contributed by atoms with van der Waals surface area (Å²) in [4.78, 5) is 20.1. The number of hydrogen-bond donors (Lipinski definition) is 0. The first-order valence-corrected chi connectivity index (χ1v) is 8.26. The molecule has 1 aliphatic heterocycles. The summed E-state index contributed by atoms with van der Waals surface area (Å²) in [5.74, 6) is -0.187. The zero-order valence-corrected chi connectivity index (χ0v) is 13.9. The number of halogens is 1. The lowest BCUT2D eigenvalue weighted by Crippen LogP contribution is -2.35. The van der Waals surface area contributed by atoms with Crippen LogP contribution in [0.3, 0.4) is 0 Å². The molecular weight excluding hydrogens is 309 g/mol. The van der Waals surface area contributed by atoms with E-state index in [1.165, 1.54) is 6.20 Å². The second-order valence-electron chi connectivity index (χ2n) is 5.99. The van der Waals surface area contributed by atoms with Crippen LogP contribution in [0.5, 0.6) is 0 Å². The first kappa shape index (κ1) is 16.4. The SMILES string of the molecule is Cc1ccnn1CCC(=O)N1CCCN(c2ccncc2F)CC1. The Labute approximate surface area is 140 Å². The van der Waals surface area contributed by atoms with E-state index in [2.05, 4.69) is 10.1 Å². The van der Waals surface area contributed by atoms with Crippen molar-refractivity contribution in [3.8, 4) is 0 Å². The Hall–Kier alpha value is -2.44. The maximum Gasteiger partial charge on any atom is 0.224 e. The third kappa shape index (κ3) is 3.72. The first-order chi connectivity index (χ1) is 11.6. The quantitative estimate of drug-likeness (QED) is 0.858. The third-order valence-electron chi connectivity index (χ3n) is 4.41. The Bertz CT molecular complexity index is 702. The van der Waals surface area contributed by atoms with Crippen molar-refractivity contribution in [3.05, 3.63) is 42.2 Å². The molecule has 1 saturated heterocycles. The van der Waals surface area contributed by atoms with E-state index in [0.29, 0.717) is 38.3 Å². The van der Waals surface area contributed by atoms with E-state index in [-0.39, 0.29) is 11.7 Å². The van der Waals surface area contributed by atoms with Crippen LogP contribution in [0.1, 0.15) is 18.5 Å². The first-order valence-electron chi connectivity index (χ1n) is 8.26. The zero-order valence-electron chi connectivity index (χ0n) is 13.9. The highest BCUT2D eigenvalue weighted by Crippen LogP contribution is 2.19.